The van der Waals surface area contributed by atoms with E-state index >= 15 is 0 Å². The van der Waals surface area contributed by atoms with Gasteiger partial charge in [-0.15, -0.1) is 0 Å². The van der Waals surface area contributed by atoms with Gasteiger partial charge in [-0.05, 0) is 55.4 Å². The van der Waals surface area contributed by atoms with Gasteiger partial charge in [0.1, 0.15) is 5.25 Å². The maximum atomic E-state index is 13.3. The number of carbonyl (C=O) groups is 1. The number of sulfonamides is 1. The summed E-state index contributed by atoms with van der Waals surface area (Å²) in [6.45, 7) is 7.55. The first-order valence-corrected chi connectivity index (χ1v) is 12.9. The van der Waals surface area contributed by atoms with Gasteiger partial charge in [0, 0.05) is 30.7 Å². The van der Waals surface area contributed by atoms with Crippen LogP contribution in [0.3, 0.4) is 0 Å². The van der Waals surface area contributed by atoms with E-state index in [1.807, 2.05) is 75.4 Å². The van der Waals surface area contributed by atoms with Crippen LogP contribution in [0.4, 0.5) is 5.69 Å². The highest BCUT2D eigenvalue weighted by atomic mass is 32.2. The van der Waals surface area contributed by atoms with E-state index in [0.29, 0.717) is 6.42 Å². The second-order valence-corrected chi connectivity index (χ2v) is 11.1. The maximum absolute atomic E-state index is 13.3. The molecule has 2 atom stereocenters. The summed E-state index contributed by atoms with van der Waals surface area (Å²) >= 11 is 0. The number of rotatable bonds is 9. The summed E-state index contributed by atoms with van der Waals surface area (Å²) in [6.07, 6.45) is 2.10. The molecular weight excluding hydrogens is 422 g/mol. The third-order valence-corrected chi connectivity index (χ3v) is 8.12. The Kier molecular flexibility index (Phi) is 7.96. The molecule has 7 heteroatoms. The van der Waals surface area contributed by atoms with Crippen molar-refractivity contribution in [3.8, 4) is 0 Å². The van der Waals surface area contributed by atoms with Crippen molar-refractivity contribution in [2.75, 3.05) is 18.0 Å². The molecule has 1 saturated heterocycles. The first kappa shape index (κ1) is 24.3. The molecule has 1 fully saturated rings. The van der Waals surface area contributed by atoms with E-state index in [0.717, 1.165) is 42.7 Å². The van der Waals surface area contributed by atoms with Crippen molar-refractivity contribution in [1.82, 2.24) is 4.72 Å². The number of carbonyl (C=O) groups excluding carboxylic acids is 1. The third-order valence-electron chi connectivity index (χ3n) is 6.23. The number of hydrogen-bond donors (Lipinski definition) is 2. The van der Waals surface area contributed by atoms with Crippen LogP contribution in [-0.4, -0.2) is 27.4 Å². The van der Waals surface area contributed by atoms with Crippen LogP contribution in [0, 0.1) is 11.8 Å². The predicted octanol–water partition coefficient (Wildman–Crippen LogP) is 4.16. The van der Waals surface area contributed by atoms with Crippen molar-refractivity contribution in [1.29, 1.82) is 0 Å². The number of piperidine rings is 1. The van der Waals surface area contributed by atoms with Gasteiger partial charge in [0.05, 0.1) is 0 Å². The van der Waals surface area contributed by atoms with Crippen LogP contribution < -0.4 is 15.4 Å². The van der Waals surface area contributed by atoms with Crippen molar-refractivity contribution >= 4 is 21.6 Å². The molecule has 0 aromatic heterocycles. The lowest BCUT2D eigenvalue weighted by Crippen LogP contribution is -2.38. The lowest BCUT2D eigenvalue weighted by Gasteiger charge is -2.32. The van der Waals surface area contributed by atoms with E-state index in [4.69, 9.17) is 5.73 Å². The Labute approximate surface area is 192 Å². The van der Waals surface area contributed by atoms with E-state index in [1.54, 1.807) is 0 Å². The second-order valence-electron chi connectivity index (χ2n) is 9.17. The fourth-order valence-electron chi connectivity index (χ4n) is 4.33. The maximum Gasteiger partial charge on any atom is 0.220 e. The van der Waals surface area contributed by atoms with Crippen molar-refractivity contribution in [3.05, 3.63) is 65.7 Å². The number of nitrogens with two attached hydrogens (primary N) is 1. The molecule has 0 bridgehead atoms. The zero-order valence-electron chi connectivity index (χ0n) is 19.2. The average Bonchev–Trinajstić information content (AvgIpc) is 2.77. The number of hydrogen-bond acceptors (Lipinski definition) is 4. The quantitative estimate of drug-likeness (QED) is 0.591. The zero-order chi connectivity index (χ0) is 23.3. The fourth-order valence-corrected chi connectivity index (χ4v) is 6.28. The Morgan fingerprint density at radius 2 is 1.59 bits per heavy atom. The molecule has 3 rings (SSSR count). The van der Waals surface area contributed by atoms with Gasteiger partial charge in [0.2, 0.25) is 15.9 Å². The van der Waals surface area contributed by atoms with Crippen LogP contribution in [0.1, 0.15) is 62.5 Å². The number of anilines is 1. The van der Waals surface area contributed by atoms with E-state index in [1.165, 1.54) is 0 Å². The van der Waals surface area contributed by atoms with E-state index in [-0.39, 0.29) is 23.8 Å². The number of amides is 1. The topological polar surface area (TPSA) is 92.5 Å². The van der Waals surface area contributed by atoms with Gasteiger partial charge < -0.3 is 10.6 Å². The number of benzene rings is 2. The normalized spacial score (nSPS) is 17.3. The summed E-state index contributed by atoms with van der Waals surface area (Å²) in [5.74, 6) is 0.000748. The molecule has 2 aromatic rings. The van der Waals surface area contributed by atoms with Crippen LogP contribution in [0.2, 0.25) is 0 Å². The van der Waals surface area contributed by atoms with E-state index < -0.39 is 15.3 Å². The summed E-state index contributed by atoms with van der Waals surface area (Å²) < 4.78 is 29.5. The molecule has 174 valence electrons. The van der Waals surface area contributed by atoms with Crippen molar-refractivity contribution in [2.24, 2.45) is 17.6 Å². The van der Waals surface area contributed by atoms with Crippen molar-refractivity contribution in [2.45, 2.75) is 51.3 Å². The molecular formula is C25H35N3O3S. The Hall–Kier alpha value is -2.38. The summed E-state index contributed by atoms with van der Waals surface area (Å²) in [5, 5.41) is -0.586. The van der Waals surface area contributed by atoms with Crippen LogP contribution in [0.25, 0.3) is 0 Å². The summed E-state index contributed by atoms with van der Waals surface area (Å²) in [6, 6.07) is 17.1. The van der Waals surface area contributed by atoms with Crippen LogP contribution >= 0.6 is 0 Å². The van der Waals surface area contributed by atoms with E-state index in [2.05, 4.69) is 9.62 Å². The highest BCUT2D eigenvalue weighted by Gasteiger charge is 2.30. The summed E-state index contributed by atoms with van der Waals surface area (Å²) in [7, 11) is -3.57. The Balaban J connectivity index is 1.69. The van der Waals surface area contributed by atoms with Crippen LogP contribution in [0.15, 0.2) is 54.6 Å². The number of nitrogens with zero attached hydrogens (tertiary/aromatic N) is 1. The van der Waals surface area contributed by atoms with Gasteiger partial charge >= 0.3 is 0 Å². The summed E-state index contributed by atoms with van der Waals surface area (Å²) in [4.78, 5) is 13.6. The van der Waals surface area contributed by atoms with Crippen molar-refractivity contribution in [3.63, 3.8) is 0 Å². The minimum atomic E-state index is -3.57. The predicted molar refractivity (Wildman–Crippen MR) is 130 cm³/mol. The molecule has 3 N–H and O–H groups in total. The molecule has 0 radical (unpaired) electrons. The van der Waals surface area contributed by atoms with Gasteiger partial charge in [0.15, 0.2) is 0 Å². The van der Waals surface area contributed by atoms with Crippen molar-refractivity contribution < 1.29 is 13.2 Å². The monoisotopic (exact) mass is 457 g/mol. The molecule has 2 aromatic carbocycles. The Morgan fingerprint density at radius 3 is 2.12 bits per heavy atom. The lowest BCUT2D eigenvalue weighted by molar-refractivity contribution is -0.122. The smallest absolute Gasteiger partial charge is 0.220 e. The highest BCUT2D eigenvalue weighted by Crippen LogP contribution is 2.31. The molecule has 0 spiro atoms. The fraction of sp³-hybridized carbons (Fsp3) is 0.480. The molecule has 1 unspecified atom stereocenters. The van der Waals surface area contributed by atoms with Gasteiger partial charge in [0.25, 0.3) is 0 Å². The SMILES string of the molecule is CC(C)C[C@H](c1ccccc1)S(=O)(=O)NC(C)c1ccc(N2CCC(C(N)=O)CC2)cc1. The largest absolute Gasteiger partial charge is 0.371 e. The minimum Gasteiger partial charge on any atom is -0.371 e. The third kappa shape index (κ3) is 6.11. The molecule has 1 aliphatic rings. The minimum absolute atomic E-state index is 0.0386. The molecule has 1 aliphatic heterocycles. The second kappa shape index (κ2) is 10.5. The molecule has 0 saturated carbocycles. The molecule has 6 nitrogen and oxygen atoms in total. The van der Waals surface area contributed by atoms with Gasteiger partial charge in [-0.1, -0.05) is 56.3 Å². The zero-order valence-corrected chi connectivity index (χ0v) is 20.0. The standard InChI is InChI=1S/C25H35N3O3S/c1-18(2)17-24(21-7-5-4-6-8-21)32(30,31)27-19(3)20-9-11-23(12-10-20)28-15-13-22(14-16-28)25(26)29/h4-12,18-19,22,24,27H,13-17H2,1-3H3,(H2,26,29)/t19?,24-/m1/s1. The number of nitrogens with one attached hydrogen (secondary N) is 1. The van der Waals surface area contributed by atoms with Gasteiger partial charge in [-0.25, -0.2) is 13.1 Å². The van der Waals surface area contributed by atoms with Crippen LogP contribution in [0.5, 0.6) is 0 Å². The first-order chi connectivity index (χ1) is 15.2. The van der Waals surface area contributed by atoms with Crippen LogP contribution in [-0.2, 0) is 14.8 Å². The number of primary amides is 1. The molecule has 0 aliphatic carbocycles. The first-order valence-electron chi connectivity index (χ1n) is 11.4. The average molecular weight is 458 g/mol. The van der Waals surface area contributed by atoms with E-state index in [9.17, 15) is 13.2 Å². The molecule has 32 heavy (non-hydrogen) atoms. The molecule has 1 heterocycles. The van der Waals surface area contributed by atoms with Gasteiger partial charge in [-0.2, -0.15) is 0 Å². The Bertz CT molecular complexity index is 983. The highest BCUT2D eigenvalue weighted by molar-refractivity contribution is 7.89. The summed E-state index contributed by atoms with van der Waals surface area (Å²) in [5.41, 5.74) is 8.24. The van der Waals surface area contributed by atoms with Gasteiger partial charge in [-0.3, -0.25) is 4.79 Å². The molecule has 1 amide bonds. The lowest BCUT2D eigenvalue weighted by atomic mass is 9.96. The Morgan fingerprint density at radius 1 is 1.00 bits per heavy atom.